The smallest absolute Gasteiger partial charge is 0.154 e. The Balaban J connectivity index is 3.30. The molecule has 0 aliphatic heterocycles. The Morgan fingerprint density at radius 1 is 1.41 bits per heavy atom. The molecule has 1 N–H and O–H groups in total. The number of hydrogen-bond donors (Lipinski definition) is 1. The van der Waals surface area contributed by atoms with E-state index in [0.29, 0.717) is 8.67 Å². The zero-order valence-corrected chi connectivity index (χ0v) is 13.2. The SMILES string of the molecule is CNC(c1cc(Cl)sc1Cl)C(C)(C)S(C)(=O)=O. The average molecular weight is 316 g/mol. The van der Waals surface area contributed by atoms with E-state index in [1.807, 2.05) is 0 Å². The third-order valence-corrected chi connectivity index (χ3v) is 6.60. The summed E-state index contributed by atoms with van der Waals surface area (Å²) in [5.74, 6) is 0. The summed E-state index contributed by atoms with van der Waals surface area (Å²) in [6.45, 7) is 3.34. The standard InChI is InChI=1S/C10H15Cl2NO2S2/c1-10(2,17(4,14)15)8(13-3)6-5-7(11)16-9(6)12/h5,8,13H,1-4H3. The van der Waals surface area contributed by atoms with Crippen LogP contribution in [-0.4, -0.2) is 26.5 Å². The van der Waals surface area contributed by atoms with Gasteiger partial charge in [-0.1, -0.05) is 23.2 Å². The van der Waals surface area contributed by atoms with E-state index in [0.717, 1.165) is 5.56 Å². The van der Waals surface area contributed by atoms with E-state index in [1.54, 1.807) is 27.0 Å². The molecule has 0 aliphatic rings. The number of halogens is 2. The number of rotatable bonds is 4. The quantitative estimate of drug-likeness (QED) is 0.928. The van der Waals surface area contributed by atoms with E-state index in [9.17, 15) is 8.42 Å². The number of sulfone groups is 1. The first-order valence-electron chi connectivity index (χ1n) is 4.93. The van der Waals surface area contributed by atoms with Gasteiger partial charge in [-0.05, 0) is 27.0 Å². The Hall–Kier alpha value is 0.190. The Morgan fingerprint density at radius 2 is 1.94 bits per heavy atom. The molecule has 0 fully saturated rings. The van der Waals surface area contributed by atoms with Gasteiger partial charge in [0.2, 0.25) is 0 Å². The van der Waals surface area contributed by atoms with Crippen LogP contribution < -0.4 is 5.32 Å². The first kappa shape index (κ1) is 15.2. The van der Waals surface area contributed by atoms with Gasteiger partial charge in [-0.3, -0.25) is 0 Å². The fourth-order valence-corrected chi connectivity index (χ4v) is 3.85. The highest BCUT2D eigenvalue weighted by Gasteiger charge is 2.40. The van der Waals surface area contributed by atoms with E-state index in [1.165, 1.54) is 17.6 Å². The summed E-state index contributed by atoms with van der Waals surface area (Å²) in [5, 5.41) is 3.00. The van der Waals surface area contributed by atoms with Gasteiger partial charge in [-0.2, -0.15) is 0 Å². The molecule has 0 amide bonds. The lowest BCUT2D eigenvalue weighted by molar-refractivity contribution is 0.447. The predicted octanol–water partition coefficient (Wildman–Crippen LogP) is 3.14. The fraction of sp³-hybridized carbons (Fsp3) is 0.600. The Morgan fingerprint density at radius 3 is 2.24 bits per heavy atom. The number of hydrogen-bond acceptors (Lipinski definition) is 4. The Labute approximate surface area is 116 Å². The van der Waals surface area contributed by atoms with E-state index >= 15 is 0 Å². The van der Waals surface area contributed by atoms with Crippen LogP contribution in [0.15, 0.2) is 6.07 Å². The van der Waals surface area contributed by atoms with Crippen molar-refractivity contribution in [2.75, 3.05) is 13.3 Å². The van der Waals surface area contributed by atoms with E-state index < -0.39 is 20.6 Å². The van der Waals surface area contributed by atoms with Crippen LogP contribution in [0.25, 0.3) is 0 Å². The van der Waals surface area contributed by atoms with Crippen molar-refractivity contribution >= 4 is 44.4 Å². The normalized spacial score (nSPS) is 14.9. The van der Waals surface area contributed by atoms with Gasteiger partial charge in [0, 0.05) is 11.8 Å². The number of nitrogens with one attached hydrogen (secondary N) is 1. The van der Waals surface area contributed by atoms with E-state index in [4.69, 9.17) is 23.2 Å². The number of thiophene rings is 1. The van der Waals surface area contributed by atoms with Crippen LogP contribution in [-0.2, 0) is 9.84 Å². The molecule has 1 rings (SSSR count). The Kier molecular flexibility index (Phi) is 4.53. The second kappa shape index (κ2) is 5.05. The van der Waals surface area contributed by atoms with E-state index in [-0.39, 0.29) is 0 Å². The minimum Gasteiger partial charge on any atom is -0.312 e. The molecule has 0 aliphatic carbocycles. The largest absolute Gasteiger partial charge is 0.312 e. The van der Waals surface area contributed by atoms with Gasteiger partial charge >= 0.3 is 0 Å². The molecule has 3 nitrogen and oxygen atoms in total. The maximum Gasteiger partial charge on any atom is 0.154 e. The second-order valence-electron chi connectivity index (χ2n) is 4.38. The summed E-state index contributed by atoms with van der Waals surface area (Å²) >= 11 is 13.2. The highest BCUT2D eigenvalue weighted by atomic mass is 35.5. The maximum atomic E-state index is 11.8. The van der Waals surface area contributed by atoms with Crippen molar-refractivity contribution in [2.45, 2.75) is 24.6 Å². The first-order chi connectivity index (χ1) is 7.61. The molecular formula is C10H15Cl2NO2S2. The van der Waals surface area contributed by atoms with Crippen LogP contribution in [0, 0.1) is 0 Å². The van der Waals surface area contributed by atoms with Crippen molar-refractivity contribution in [3.8, 4) is 0 Å². The molecule has 98 valence electrons. The van der Waals surface area contributed by atoms with E-state index in [2.05, 4.69) is 5.32 Å². The predicted molar refractivity (Wildman–Crippen MR) is 75.1 cm³/mol. The molecule has 1 heterocycles. The summed E-state index contributed by atoms with van der Waals surface area (Å²) in [4.78, 5) is 0. The topological polar surface area (TPSA) is 46.2 Å². The highest BCUT2D eigenvalue weighted by Crippen LogP contribution is 2.40. The molecule has 1 aromatic heterocycles. The van der Waals surface area contributed by atoms with Crippen molar-refractivity contribution < 1.29 is 8.42 Å². The minimum atomic E-state index is -3.23. The van der Waals surface area contributed by atoms with Crippen molar-refractivity contribution in [1.82, 2.24) is 5.32 Å². The van der Waals surface area contributed by atoms with Crippen molar-refractivity contribution in [3.63, 3.8) is 0 Å². The summed E-state index contributed by atoms with van der Waals surface area (Å²) < 4.78 is 23.8. The fourth-order valence-electron chi connectivity index (χ4n) is 1.64. The molecule has 0 saturated carbocycles. The van der Waals surface area contributed by atoms with Gasteiger partial charge in [0.1, 0.15) is 0 Å². The molecule has 1 unspecified atom stereocenters. The monoisotopic (exact) mass is 315 g/mol. The zero-order valence-electron chi connectivity index (χ0n) is 10.0. The molecule has 0 bridgehead atoms. The molecule has 0 radical (unpaired) electrons. The first-order valence-corrected chi connectivity index (χ1v) is 8.39. The van der Waals surface area contributed by atoms with Crippen LogP contribution in [0.3, 0.4) is 0 Å². The van der Waals surface area contributed by atoms with Gasteiger partial charge in [-0.25, -0.2) is 8.42 Å². The third-order valence-electron chi connectivity index (χ3n) is 2.93. The lowest BCUT2D eigenvalue weighted by Gasteiger charge is -2.32. The molecule has 7 heteroatoms. The van der Waals surface area contributed by atoms with Gasteiger partial charge in [0.15, 0.2) is 9.84 Å². The molecular weight excluding hydrogens is 301 g/mol. The van der Waals surface area contributed by atoms with Gasteiger partial charge < -0.3 is 5.32 Å². The van der Waals surface area contributed by atoms with Crippen LogP contribution in [0.1, 0.15) is 25.5 Å². The van der Waals surface area contributed by atoms with Crippen LogP contribution in [0.2, 0.25) is 8.67 Å². The van der Waals surface area contributed by atoms with Crippen molar-refractivity contribution in [3.05, 3.63) is 20.3 Å². The maximum absolute atomic E-state index is 11.8. The van der Waals surface area contributed by atoms with Crippen molar-refractivity contribution in [2.24, 2.45) is 0 Å². The van der Waals surface area contributed by atoms with Crippen LogP contribution >= 0.6 is 34.5 Å². The van der Waals surface area contributed by atoms with Gasteiger partial charge in [-0.15, -0.1) is 11.3 Å². The van der Waals surface area contributed by atoms with Gasteiger partial charge in [0.25, 0.3) is 0 Å². The molecule has 0 aromatic carbocycles. The second-order valence-corrected chi connectivity index (χ2v) is 9.26. The minimum absolute atomic E-state index is 0.395. The summed E-state index contributed by atoms with van der Waals surface area (Å²) in [7, 11) is -1.52. The lowest BCUT2D eigenvalue weighted by atomic mass is 9.98. The van der Waals surface area contributed by atoms with Gasteiger partial charge in [0.05, 0.1) is 19.5 Å². The highest BCUT2D eigenvalue weighted by molar-refractivity contribution is 7.92. The molecule has 0 spiro atoms. The summed E-state index contributed by atoms with van der Waals surface area (Å²) in [5.41, 5.74) is 0.722. The zero-order chi connectivity index (χ0) is 13.4. The summed E-state index contributed by atoms with van der Waals surface area (Å²) in [6, 6.07) is 1.32. The molecule has 1 aromatic rings. The molecule has 17 heavy (non-hydrogen) atoms. The lowest BCUT2D eigenvalue weighted by Crippen LogP contribution is -2.43. The van der Waals surface area contributed by atoms with Crippen LogP contribution in [0.5, 0.6) is 0 Å². The summed E-state index contributed by atoms with van der Waals surface area (Å²) in [6.07, 6.45) is 1.22. The molecule has 0 saturated heterocycles. The average Bonchev–Trinajstić information content (AvgIpc) is 2.44. The molecule has 1 atom stereocenters. The third kappa shape index (κ3) is 2.96. The Bertz CT molecular complexity index is 508. The van der Waals surface area contributed by atoms with Crippen LogP contribution in [0.4, 0.5) is 0 Å². The van der Waals surface area contributed by atoms with Crippen molar-refractivity contribution in [1.29, 1.82) is 0 Å².